The Morgan fingerprint density at radius 2 is 1.48 bits per heavy atom. The second kappa shape index (κ2) is 6.55. The summed E-state index contributed by atoms with van der Waals surface area (Å²) in [7, 11) is -1.93. The van der Waals surface area contributed by atoms with Crippen LogP contribution in [0.25, 0.3) is 32.3 Å². The van der Waals surface area contributed by atoms with Gasteiger partial charge in [0.2, 0.25) is 0 Å². The predicted octanol–water partition coefficient (Wildman–Crippen LogP) is 3.66. The van der Waals surface area contributed by atoms with Gasteiger partial charge in [-0.25, -0.2) is 4.39 Å². The molecule has 5 rings (SSSR count). The average Bonchev–Trinajstić information content (AvgIpc) is 2.72. The number of hydrogen-bond acceptors (Lipinski definition) is 3. The second-order valence-corrected chi connectivity index (χ2v) is 7.03. The summed E-state index contributed by atoms with van der Waals surface area (Å²) < 4.78 is 14.0. The van der Waals surface area contributed by atoms with E-state index in [2.05, 4.69) is 29.6 Å². The minimum Gasteiger partial charge on any atom is -0.423 e. The van der Waals surface area contributed by atoms with Crippen LogP contribution in [0, 0.1) is 5.82 Å². The van der Waals surface area contributed by atoms with E-state index >= 15 is 0 Å². The van der Waals surface area contributed by atoms with E-state index in [1.807, 2.05) is 30.3 Å². The average molecular weight is 383 g/mol. The SMILES string of the molecule is O=C(Nc1ccc2ccc3cccc4ccc1c2c34)c1ccc(B(O)O)c(F)c1. The number of hydrogen-bond donors (Lipinski definition) is 3. The molecular formula is C23H15BFNO3. The second-order valence-electron chi connectivity index (χ2n) is 7.03. The maximum Gasteiger partial charge on any atom is 0.491 e. The van der Waals surface area contributed by atoms with Crippen molar-refractivity contribution in [1.29, 1.82) is 0 Å². The van der Waals surface area contributed by atoms with Gasteiger partial charge in [-0.15, -0.1) is 0 Å². The minimum absolute atomic E-state index is 0.0950. The molecule has 0 aliphatic carbocycles. The fourth-order valence-electron chi connectivity index (χ4n) is 3.92. The summed E-state index contributed by atoms with van der Waals surface area (Å²) in [4.78, 5) is 12.7. The van der Waals surface area contributed by atoms with Gasteiger partial charge >= 0.3 is 7.12 Å². The van der Waals surface area contributed by atoms with Crippen LogP contribution in [-0.2, 0) is 0 Å². The molecule has 140 valence electrons. The van der Waals surface area contributed by atoms with Gasteiger partial charge in [-0.1, -0.05) is 54.6 Å². The highest BCUT2D eigenvalue weighted by Crippen LogP contribution is 2.37. The van der Waals surface area contributed by atoms with E-state index in [1.165, 1.54) is 12.1 Å². The monoisotopic (exact) mass is 383 g/mol. The van der Waals surface area contributed by atoms with Crippen molar-refractivity contribution in [2.24, 2.45) is 0 Å². The fourth-order valence-corrected chi connectivity index (χ4v) is 3.92. The molecule has 0 unspecified atom stereocenters. The van der Waals surface area contributed by atoms with E-state index in [9.17, 15) is 9.18 Å². The molecule has 0 saturated heterocycles. The molecule has 1 amide bonds. The smallest absolute Gasteiger partial charge is 0.423 e. The summed E-state index contributed by atoms with van der Waals surface area (Å²) in [6, 6.07) is 21.6. The van der Waals surface area contributed by atoms with Crippen LogP contribution in [0.4, 0.5) is 10.1 Å². The number of anilines is 1. The van der Waals surface area contributed by atoms with Gasteiger partial charge in [-0.3, -0.25) is 4.79 Å². The maximum atomic E-state index is 14.0. The van der Waals surface area contributed by atoms with Crippen LogP contribution in [0.5, 0.6) is 0 Å². The molecule has 0 heterocycles. The first-order chi connectivity index (χ1) is 14.0. The summed E-state index contributed by atoms with van der Waals surface area (Å²) in [5, 5.41) is 27.6. The summed E-state index contributed by atoms with van der Waals surface area (Å²) in [5.41, 5.74) is 0.453. The standard InChI is InChI=1S/C23H15BFNO3/c25-19-12-16(7-10-18(19)24(28)29)23(27)26-20-11-8-15-5-4-13-2-1-3-14-6-9-17(20)22(15)21(13)14/h1-12,28-29H,(H,26,27). The number of carbonyl (C=O) groups is 1. The number of nitrogens with one attached hydrogen (secondary N) is 1. The third-order valence-corrected chi connectivity index (χ3v) is 5.32. The number of halogens is 1. The molecule has 0 bridgehead atoms. The van der Waals surface area contributed by atoms with Crippen molar-refractivity contribution in [1.82, 2.24) is 0 Å². The third kappa shape index (κ3) is 2.81. The molecule has 5 aromatic carbocycles. The molecule has 29 heavy (non-hydrogen) atoms. The van der Waals surface area contributed by atoms with Crippen LogP contribution < -0.4 is 10.8 Å². The fraction of sp³-hybridized carbons (Fsp3) is 0. The van der Waals surface area contributed by atoms with Crippen molar-refractivity contribution in [3.8, 4) is 0 Å². The minimum atomic E-state index is -1.93. The zero-order valence-corrected chi connectivity index (χ0v) is 15.2. The molecule has 0 spiro atoms. The first-order valence-corrected chi connectivity index (χ1v) is 9.16. The molecule has 3 N–H and O–H groups in total. The van der Waals surface area contributed by atoms with Gasteiger partial charge < -0.3 is 15.4 Å². The molecule has 0 aliphatic heterocycles. The van der Waals surface area contributed by atoms with Crippen LogP contribution in [0.15, 0.2) is 72.8 Å². The van der Waals surface area contributed by atoms with Gasteiger partial charge in [-0.2, -0.15) is 0 Å². The highest BCUT2D eigenvalue weighted by atomic mass is 19.1. The molecular weight excluding hydrogens is 368 g/mol. The van der Waals surface area contributed by atoms with Crippen molar-refractivity contribution in [2.45, 2.75) is 0 Å². The molecule has 0 atom stereocenters. The predicted molar refractivity (Wildman–Crippen MR) is 114 cm³/mol. The van der Waals surface area contributed by atoms with Crippen molar-refractivity contribution >= 4 is 56.5 Å². The number of amides is 1. The summed E-state index contributed by atoms with van der Waals surface area (Å²) in [6.45, 7) is 0. The Balaban J connectivity index is 1.60. The molecule has 0 saturated carbocycles. The van der Waals surface area contributed by atoms with E-state index in [1.54, 1.807) is 0 Å². The highest BCUT2D eigenvalue weighted by Gasteiger charge is 2.19. The van der Waals surface area contributed by atoms with Gasteiger partial charge in [-0.05, 0) is 45.1 Å². The number of carbonyl (C=O) groups excluding carboxylic acids is 1. The summed E-state index contributed by atoms with van der Waals surface area (Å²) in [5.74, 6) is -1.32. The molecule has 0 aliphatic rings. The van der Waals surface area contributed by atoms with Gasteiger partial charge in [0.1, 0.15) is 5.82 Å². The van der Waals surface area contributed by atoms with Crippen LogP contribution in [0.2, 0.25) is 0 Å². The first kappa shape index (κ1) is 17.6. The Bertz CT molecular complexity index is 1380. The van der Waals surface area contributed by atoms with E-state index in [0.717, 1.165) is 38.4 Å². The van der Waals surface area contributed by atoms with E-state index in [-0.39, 0.29) is 11.0 Å². The molecule has 5 aromatic rings. The van der Waals surface area contributed by atoms with Gasteiger partial charge in [0.25, 0.3) is 5.91 Å². The normalized spacial score (nSPS) is 11.4. The Morgan fingerprint density at radius 3 is 2.17 bits per heavy atom. The van der Waals surface area contributed by atoms with Gasteiger partial charge in [0, 0.05) is 22.1 Å². The lowest BCUT2D eigenvalue weighted by Gasteiger charge is -2.14. The van der Waals surface area contributed by atoms with Crippen LogP contribution in [-0.4, -0.2) is 23.1 Å². The zero-order valence-electron chi connectivity index (χ0n) is 15.2. The van der Waals surface area contributed by atoms with Crippen LogP contribution >= 0.6 is 0 Å². The summed E-state index contributed by atoms with van der Waals surface area (Å²) in [6.07, 6.45) is 0. The van der Waals surface area contributed by atoms with E-state index in [4.69, 9.17) is 10.0 Å². The lowest BCUT2D eigenvalue weighted by atomic mass is 9.79. The van der Waals surface area contributed by atoms with Crippen molar-refractivity contribution in [3.05, 3.63) is 84.2 Å². The topological polar surface area (TPSA) is 69.6 Å². The molecule has 0 aromatic heterocycles. The van der Waals surface area contributed by atoms with Crippen LogP contribution in [0.3, 0.4) is 0 Å². The Kier molecular flexibility index (Phi) is 3.98. The molecule has 4 nitrogen and oxygen atoms in total. The van der Waals surface area contributed by atoms with Crippen LogP contribution in [0.1, 0.15) is 10.4 Å². The lowest BCUT2D eigenvalue weighted by molar-refractivity contribution is 0.102. The van der Waals surface area contributed by atoms with Crippen molar-refractivity contribution < 1.29 is 19.2 Å². The first-order valence-electron chi connectivity index (χ1n) is 9.16. The quantitative estimate of drug-likeness (QED) is 0.329. The molecule has 0 radical (unpaired) electrons. The Hall–Kier alpha value is -3.48. The lowest BCUT2D eigenvalue weighted by Crippen LogP contribution is -2.33. The van der Waals surface area contributed by atoms with Crippen molar-refractivity contribution in [2.75, 3.05) is 5.32 Å². The summed E-state index contributed by atoms with van der Waals surface area (Å²) >= 11 is 0. The van der Waals surface area contributed by atoms with Gasteiger partial charge in [0.05, 0.1) is 0 Å². The molecule has 0 fully saturated rings. The highest BCUT2D eigenvalue weighted by molar-refractivity contribution is 6.58. The van der Waals surface area contributed by atoms with E-state index in [0.29, 0.717) is 5.69 Å². The zero-order chi connectivity index (χ0) is 20.1. The van der Waals surface area contributed by atoms with Crippen molar-refractivity contribution in [3.63, 3.8) is 0 Å². The number of rotatable bonds is 3. The van der Waals surface area contributed by atoms with E-state index < -0.39 is 18.8 Å². The Labute approximate surface area is 165 Å². The number of benzene rings is 5. The maximum absolute atomic E-state index is 14.0. The third-order valence-electron chi connectivity index (χ3n) is 5.32. The van der Waals surface area contributed by atoms with Gasteiger partial charge in [0.15, 0.2) is 0 Å². The molecule has 6 heteroatoms. The Morgan fingerprint density at radius 1 is 0.828 bits per heavy atom. The largest absolute Gasteiger partial charge is 0.491 e.